The number of anilines is 3. The molecule has 1 atom stereocenters. The van der Waals surface area contributed by atoms with Gasteiger partial charge in [-0.1, -0.05) is 214 Å². The van der Waals surface area contributed by atoms with Gasteiger partial charge in [0, 0.05) is 27.8 Å². The molecule has 0 amide bonds. The second-order valence-electron chi connectivity index (χ2n) is 19.6. The molecule has 316 valence electrons. The predicted octanol–water partition coefficient (Wildman–Crippen LogP) is 16.8. The van der Waals surface area contributed by atoms with E-state index in [1.807, 2.05) is 0 Å². The number of rotatable bonds is 5. The Labute approximate surface area is 393 Å². The van der Waals surface area contributed by atoms with Crippen molar-refractivity contribution in [3.8, 4) is 55.6 Å². The summed E-state index contributed by atoms with van der Waals surface area (Å²) in [5.41, 5.74) is 27.5. The summed E-state index contributed by atoms with van der Waals surface area (Å²) in [7, 11) is 0. The van der Waals surface area contributed by atoms with Crippen molar-refractivity contribution in [2.45, 2.75) is 37.0 Å². The Morgan fingerprint density at radius 1 is 0.284 bits per heavy atom. The zero-order chi connectivity index (χ0) is 44.6. The van der Waals surface area contributed by atoms with Crippen LogP contribution in [0.3, 0.4) is 0 Å². The van der Waals surface area contributed by atoms with E-state index in [2.05, 4.69) is 256 Å². The first-order chi connectivity index (χ1) is 32.9. The van der Waals surface area contributed by atoms with Crippen LogP contribution < -0.4 is 4.90 Å². The molecule has 0 heterocycles. The van der Waals surface area contributed by atoms with Gasteiger partial charge in [-0.15, -0.1) is 0 Å². The van der Waals surface area contributed by atoms with Gasteiger partial charge < -0.3 is 4.90 Å². The van der Waals surface area contributed by atoms with Gasteiger partial charge >= 0.3 is 0 Å². The number of nitrogens with zero attached hydrogens (tertiary/aromatic N) is 1. The maximum absolute atomic E-state index is 2.57. The molecule has 10 aromatic rings. The lowest BCUT2D eigenvalue weighted by Gasteiger charge is -2.34. The molecule has 0 fully saturated rings. The molecule has 1 heteroatoms. The number of fused-ring (bicyclic) bond motifs is 16. The molecule has 0 bridgehead atoms. The van der Waals surface area contributed by atoms with Crippen LogP contribution in [0.15, 0.2) is 231 Å². The van der Waals surface area contributed by atoms with Gasteiger partial charge in [-0.25, -0.2) is 0 Å². The molecule has 0 radical (unpaired) electrons. The van der Waals surface area contributed by atoms with Gasteiger partial charge in [-0.05, 0) is 137 Å². The number of hydrogen-bond donors (Lipinski definition) is 0. The molecule has 0 aromatic heterocycles. The molecule has 4 aliphatic rings. The number of para-hydroxylation sites is 1. The second-order valence-corrected chi connectivity index (χ2v) is 19.6. The van der Waals surface area contributed by atoms with E-state index in [9.17, 15) is 0 Å². The molecule has 0 N–H and O–H groups in total. The average molecular weight is 854 g/mol. The van der Waals surface area contributed by atoms with E-state index in [1.54, 1.807) is 0 Å². The fourth-order valence-corrected chi connectivity index (χ4v) is 13.3. The minimum Gasteiger partial charge on any atom is -0.310 e. The summed E-state index contributed by atoms with van der Waals surface area (Å²) in [5, 5.41) is 0. The van der Waals surface area contributed by atoms with Crippen molar-refractivity contribution in [2.75, 3.05) is 4.90 Å². The first kappa shape index (κ1) is 38.3. The fourth-order valence-electron chi connectivity index (χ4n) is 13.3. The molecule has 1 nitrogen and oxygen atoms in total. The summed E-state index contributed by atoms with van der Waals surface area (Å²) < 4.78 is 0. The Bertz CT molecular complexity index is 3640. The van der Waals surface area contributed by atoms with Crippen LogP contribution in [0.25, 0.3) is 55.6 Å². The van der Waals surface area contributed by atoms with Gasteiger partial charge in [0.15, 0.2) is 0 Å². The van der Waals surface area contributed by atoms with Crippen molar-refractivity contribution in [3.05, 3.63) is 281 Å². The molecule has 1 unspecified atom stereocenters. The largest absolute Gasteiger partial charge is 0.310 e. The predicted molar refractivity (Wildman–Crippen MR) is 278 cm³/mol. The fraction of sp³-hybridized carbons (Fsp3) is 0.0909. The highest BCUT2D eigenvalue weighted by atomic mass is 15.1. The maximum atomic E-state index is 2.57. The van der Waals surface area contributed by atoms with Crippen molar-refractivity contribution in [3.63, 3.8) is 0 Å². The molecule has 14 rings (SSSR count). The minimum absolute atomic E-state index is 0.188. The first-order valence-corrected chi connectivity index (χ1v) is 23.8. The molecular weight excluding hydrogens is 807 g/mol. The Kier molecular flexibility index (Phi) is 7.87. The highest BCUT2D eigenvalue weighted by molar-refractivity contribution is 5.99. The molecule has 0 saturated carbocycles. The van der Waals surface area contributed by atoms with Crippen LogP contribution in [0.4, 0.5) is 17.1 Å². The summed E-state index contributed by atoms with van der Waals surface area (Å²) >= 11 is 0. The Hall–Kier alpha value is -8.00. The lowest BCUT2D eigenvalue weighted by molar-refractivity contribution is 0.662. The summed E-state index contributed by atoms with van der Waals surface area (Å²) in [6.45, 7) is 7.23. The smallest absolute Gasteiger partial charge is 0.0726 e. The summed E-state index contributed by atoms with van der Waals surface area (Å²) in [5.74, 6) is 0. The van der Waals surface area contributed by atoms with Gasteiger partial charge in [0.25, 0.3) is 0 Å². The van der Waals surface area contributed by atoms with Crippen molar-refractivity contribution < 1.29 is 0 Å². The van der Waals surface area contributed by atoms with E-state index in [0.29, 0.717) is 0 Å². The highest BCUT2D eigenvalue weighted by Gasteiger charge is 2.52. The molecule has 10 aromatic carbocycles. The van der Waals surface area contributed by atoms with Gasteiger partial charge in [0.2, 0.25) is 0 Å². The van der Waals surface area contributed by atoms with Crippen LogP contribution in [-0.4, -0.2) is 0 Å². The van der Waals surface area contributed by atoms with Crippen LogP contribution in [0.1, 0.15) is 70.8 Å². The Morgan fingerprint density at radius 3 is 1.25 bits per heavy atom. The third-order valence-corrected chi connectivity index (χ3v) is 16.2. The zero-order valence-corrected chi connectivity index (χ0v) is 37.9. The van der Waals surface area contributed by atoms with E-state index in [1.165, 1.54) is 106 Å². The highest BCUT2D eigenvalue weighted by Crippen LogP contribution is 2.64. The van der Waals surface area contributed by atoms with Crippen molar-refractivity contribution in [1.29, 1.82) is 0 Å². The van der Waals surface area contributed by atoms with Gasteiger partial charge in [-0.2, -0.15) is 0 Å². The molecular formula is C66H47N. The van der Waals surface area contributed by atoms with Gasteiger partial charge in [0.1, 0.15) is 0 Å². The Morgan fingerprint density at radius 2 is 0.672 bits per heavy atom. The van der Waals surface area contributed by atoms with Crippen LogP contribution in [0, 0.1) is 0 Å². The SMILES string of the molecule is CC1(C)c2ccccc2-c2cccc(-c3ccccc3N(c3ccc4c(c3)C(C)(c3ccccc3)c3ccccc3-4)c3ccc4c(c3)C3(c5ccccc5-c5ccccc53)c3ccccc3-4)c21. The van der Waals surface area contributed by atoms with E-state index >= 15 is 0 Å². The summed E-state index contributed by atoms with van der Waals surface area (Å²) in [6.07, 6.45) is 0. The van der Waals surface area contributed by atoms with Crippen molar-refractivity contribution in [2.24, 2.45) is 0 Å². The topological polar surface area (TPSA) is 3.24 Å². The lowest BCUT2D eigenvalue weighted by atomic mass is 9.70. The van der Waals surface area contributed by atoms with Gasteiger partial charge in [-0.3, -0.25) is 0 Å². The summed E-state index contributed by atoms with van der Waals surface area (Å²) in [4.78, 5) is 2.57. The first-order valence-electron chi connectivity index (χ1n) is 23.8. The quantitative estimate of drug-likeness (QED) is 0.167. The Balaban J connectivity index is 1.06. The van der Waals surface area contributed by atoms with Crippen LogP contribution in [0.2, 0.25) is 0 Å². The summed E-state index contributed by atoms with van der Waals surface area (Å²) in [6, 6.07) is 87.2. The van der Waals surface area contributed by atoms with E-state index < -0.39 is 5.41 Å². The molecule has 0 aliphatic heterocycles. The van der Waals surface area contributed by atoms with E-state index in [4.69, 9.17) is 0 Å². The standard InChI is InChI=1S/C66H47N/c1-64(2)55-30-13-7-26-49(55)53-28-19-29-54(63(53)64)52-27-12-18-35-62(52)67(43-36-38-50-45-22-8-14-31-56(45)65(3,60(50)40-43)42-20-5-4-6-21-42)44-37-39-51-48-25-11-17-34-59(48)66(61(51)41-44)57-32-15-9-23-46(57)47-24-10-16-33-58(47)66/h4-41H,1-3H3. The van der Waals surface area contributed by atoms with E-state index in [0.717, 1.165) is 17.1 Å². The molecule has 4 aliphatic carbocycles. The third-order valence-electron chi connectivity index (χ3n) is 16.2. The number of hydrogen-bond acceptors (Lipinski definition) is 1. The minimum atomic E-state index is -0.470. The number of benzene rings is 10. The van der Waals surface area contributed by atoms with Crippen LogP contribution in [-0.2, 0) is 16.2 Å². The maximum Gasteiger partial charge on any atom is 0.0726 e. The monoisotopic (exact) mass is 853 g/mol. The van der Waals surface area contributed by atoms with Crippen LogP contribution in [0.5, 0.6) is 0 Å². The molecule has 67 heavy (non-hydrogen) atoms. The zero-order valence-electron chi connectivity index (χ0n) is 37.9. The van der Waals surface area contributed by atoms with E-state index in [-0.39, 0.29) is 10.8 Å². The van der Waals surface area contributed by atoms with Crippen LogP contribution >= 0.6 is 0 Å². The average Bonchev–Trinajstić information content (AvgIpc) is 4.03. The van der Waals surface area contributed by atoms with Crippen molar-refractivity contribution >= 4 is 17.1 Å². The van der Waals surface area contributed by atoms with Gasteiger partial charge in [0.05, 0.1) is 11.1 Å². The normalized spacial score (nSPS) is 16.6. The molecule has 0 saturated heterocycles. The third kappa shape index (κ3) is 4.93. The lowest BCUT2D eigenvalue weighted by Crippen LogP contribution is -2.26. The molecule has 1 spiro atoms. The second kappa shape index (κ2) is 13.8. The van der Waals surface area contributed by atoms with Crippen molar-refractivity contribution in [1.82, 2.24) is 0 Å².